The molecule has 1 spiro atoms. The first kappa shape index (κ1) is 15.5. The second-order valence-electron chi connectivity index (χ2n) is 6.47. The zero-order chi connectivity index (χ0) is 15.4. The van der Waals surface area contributed by atoms with E-state index in [4.69, 9.17) is 9.47 Å². The Morgan fingerprint density at radius 1 is 1.45 bits per heavy atom. The molecule has 2 heterocycles. The highest BCUT2D eigenvalue weighted by Gasteiger charge is 2.43. The summed E-state index contributed by atoms with van der Waals surface area (Å²) in [6.07, 6.45) is 8.22. The van der Waals surface area contributed by atoms with Gasteiger partial charge < -0.3 is 14.8 Å². The van der Waals surface area contributed by atoms with E-state index in [1.165, 1.54) is 0 Å². The molecule has 1 amide bonds. The molecule has 0 unspecified atom stereocenters. The molecule has 6 heteroatoms. The summed E-state index contributed by atoms with van der Waals surface area (Å²) in [6.45, 7) is 3.98. The minimum absolute atomic E-state index is 0.0253. The fourth-order valence-electron chi connectivity index (χ4n) is 3.15. The van der Waals surface area contributed by atoms with Crippen LogP contribution in [0.3, 0.4) is 0 Å². The maximum absolute atomic E-state index is 11.9. The van der Waals surface area contributed by atoms with Crippen LogP contribution in [0.15, 0.2) is 18.5 Å². The lowest BCUT2D eigenvalue weighted by molar-refractivity contribution is -0.191. The number of carbonyl (C=O) groups excluding carboxylic acids is 1. The highest BCUT2D eigenvalue weighted by molar-refractivity contribution is 5.75. The first-order chi connectivity index (χ1) is 10.7. The molecule has 6 nitrogen and oxygen atoms in total. The van der Waals surface area contributed by atoms with Gasteiger partial charge in [-0.1, -0.05) is 6.92 Å². The molecule has 1 aliphatic carbocycles. The number of ether oxygens (including phenoxy) is 2. The van der Waals surface area contributed by atoms with Gasteiger partial charge in [0.05, 0.1) is 6.61 Å². The van der Waals surface area contributed by atoms with E-state index in [-0.39, 0.29) is 17.8 Å². The number of amides is 1. The Morgan fingerprint density at radius 3 is 3.00 bits per heavy atom. The maximum Gasteiger partial charge on any atom is 0.221 e. The molecule has 0 bridgehead atoms. The molecular formula is C16H25N3O3. The van der Waals surface area contributed by atoms with E-state index in [2.05, 4.69) is 17.3 Å². The van der Waals surface area contributed by atoms with Gasteiger partial charge >= 0.3 is 0 Å². The summed E-state index contributed by atoms with van der Waals surface area (Å²) in [6, 6.07) is 1.85. The second-order valence-corrected chi connectivity index (χ2v) is 6.47. The van der Waals surface area contributed by atoms with Crippen molar-refractivity contribution in [1.82, 2.24) is 15.1 Å². The summed E-state index contributed by atoms with van der Waals surface area (Å²) in [4.78, 5) is 11.9. The average molecular weight is 307 g/mol. The van der Waals surface area contributed by atoms with Gasteiger partial charge in [0.2, 0.25) is 5.91 Å². The molecule has 22 heavy (non-hydrogen) atoms. The van der Waals surface area contributed by atoms with Gasteiger partial charge in [-0.05, 0) is 24.8 Å². The van der Waals surface area contributed by atoms with Gasteiger partial charge in [0.25, 0.3) is 0 Å². The van der Waals surface area contributed by atoms with E-state index in [1.54, 1.807) is 10.9 Å². The number of rotatable bonds is 5. The van der Waals surface area contributed by atoms with E-state index in [0.717, 1.165) is 31.6 Å². The first-order valence-corrected chi connectivity index (χ1v) is 8.21. The van der Waals surface area contributed by atoms with Crippen molar-refractivity contribution >= 4 is 5.91 Å². The zero-order valence-electron chi connectivity index (χ0n) is 13.2. The van der Waals surface area contributed by atoms with Crippen LogP contribution in [0.25, 0.3) is 0 Å². The number of nitrogens with one attached hydrogen (secondary N) is 1. The number of aryl methyl sites for hydroxylation is 1. The summed E-state index contributed by atoms with van der Waals surface area (Å²) in [5, 5.41) is 7.01. The summed E-state index contributed by atoms with van der Waals surface area (Å²) < 4.78 is 13.7. The first-order valence-electron chi connectivity index (χ1n) is 8.21. The smallest absolute Gasteiger partial charge is 0.221 e. The van der Waals surface area contributed by atoms with Crippen molar-refractivity contribution in [1.29, 1.82) is 0 Å². The number of nitrogens with zero attached hydrogens (tertiary/aromatic N) is 2. The Kier molecular flexibility index (Phi) is 4.78. The van der Waals surface area contributed by atoms with Crippen LogP contribution in [0.4, 0.5) is 0 Å². The van der Waals surface area contributed by atoms with Crippen LogP contribution in [0.1, 0.15) is 39.0 Å². The fraction of sp³-hybridized carbons (Fsp3) is 0.750. The Bertz CT molecular complexity index is 481. The third kappa shape index (κ3) is 3.87. The van der Waals surface area contributed by atoms with E-state index < -0.39 is 0 Å². The number of hydrogen-bond acceptors (Lipinski definition) is 4. The van der Waals surface area contributed by atoms with Crippen molar-refractivity contribution in [3.05, 3.63) is 18.5 Å². The summed E-state index contributed by atoms with van der Waals surface area (Å²) >= 11 is 0. The van der Waals surface area contributed by atoms with Crippen LogP contribution in [0.2, 0.25) is 0 Å². The van der Waals surface area contributed by atoms with Crippen LogP contribution < -0.4 is 5.32 Å². The van der Waals surface area contributed by atoms with Crippen LogP contribution in [0, 0.1) is 5.92 Å². The summed E-state index contributed by atoms with van der Waals surface area (Å²) in [5.41, 5.74) is 0. The van der Waals surface area contributed by atoms with Gasteiger partial charge in [0.1, 0.15) is 6.10 Å². The lowest BCUT2D eigenvalue weighted by atomic mass is 9.86. The highest BCUT2D eigenvalue weighted by Crippen LogP contribution is 2.39. The zero-order valence-corrected chi connectivity index (χ0v) is 13.2. The normalized spacial score (nSPS) is 31.5. The minimum Gasteiger partial charge on any atom is -0.353 e. The molecule has 1 aliphatic heterocycles. The molecule has 1 aromatic heterocycles. The topological polar surface area (TPSA) is 65.4 Å². The van der Waals surface area contributed by atoms with Crippen molar-refractivity contribution < 1.29 is 14.3 Å². The Balaban J connectivity index is 1.36. The van der Waals surface area contributed by atoms with Crippen LogP contribution in [0.5, 0.6) is 0 Å². The molecule has 2 fully saturated rings. The number of hydrogen-bond donors (Lipinski definition) is 1. The standard InChI is InChI=1S/C16H25N3O3/c1-13-3-6-16(7-4-13)21-12-14(22-16)11-17-15(20)5-10-19-9-2-8-18-19/h2,8-9,13-14H,3-7,10-12H2,1H3,(H,17,20)/t13?,14-,16?/m0/s1. The Labute approximate surface area is 131 Å². The van der Waals surface area contributed by atoms with Crippen LogP contribution in [-0.2, 0) is 20.8 Å². The van der Waals surface area contributed by atoms with Gasteiger partial charge in [-0.15, -0.1) is 0 Å². The van der Waals surface area contributed by atoms with Gasteiger partial charge in [0, 0.05) is 44.7 Å². The molecule has 2 aliphatic rings. The van der Waals surface area contributed by atoms with E-state index in [9.17, 15) is 4.79 Å². The Hall–Kier alpha value is -1.40. The summed E-state index contributed by atoms with van der Waals surface area (Å²) in [5.74, 6) is 0.410. The van der Waals surface area contributed by atoms with E-state index >= 15 is 0 Å². The molecule has 1 N–H and O–H groups in total. The predicted octanol–water partition coefficient (Wildman–Crippen LogP) is 1.71. The van der Waals surface area contributed by atoms with Gasteiger partial charge in [-0.25, -0.2) is 0 Å². The fourth-order valence-corrected chi connectivity index (χ4v) is 3.15. The highest BCUT2D eigenvalue weighted by atomic mass is 16.7. The number of carbonyl (C=O) groups is 1. The second kappa shape index (κ2) is 6.79. The average Bonchev–Trinajstić information content (AvgIpc) is 3.17. The third-order valence-electron chi connectivity index (χ3n) is 4.60. The lowest BCUT2D eigenvalue weighted by Gasteiger charge is -2.34. The largest absolute Gasteiger partial charge is 0.353 e. The molecule has 1 aromatic rings. The van der Waals surface area contributed by atoms with Crippen molar-refractivity contribution in [2.45, 2.75) is 57.5 Å². The lowest BCUT2D eigenvalue weighted by Crippen LogP contribution is -2.38. The van der Waals surface area contributed by atoms with Gasteiger partial charge in [-0.2, -0.15) is 5.10 Å². The SMILES string of the molecule is CC1CCC2(CC1)OC[C@H](CNC(=O)CCn1cccn1)O2. The monoisotopic (exact) mass is 307 g/mol. The van der Waals surface area contributed by atoms with Crippen molar-refractivity contribution in [2.75, 3.05) is 13.2 Å². The molecule has 1 saturated heterocycles. The molecule has 0 aromatic carbocycles. The molecular weight excluding hydrogens is 282 g/mol. The molecule has 1 atom stereocenters. The van der Waals surface area contributed by atoms with Crippen LogP contribution >= 0.6 is 0 Å². The minimum atomic E-state index is -0.378. The molecule has 1 saturated carbocycles. The quantitative estimate of drug-likeness (QED) is 0.899. The molecule has 122 valence electrons. The molecule has 3 rings (SSSR count). The Morgan fingerprint density at radius 2 is 2.27 bits per heavy atom. The van der Waals surface area contributed by atoms with Crippen molar-refractivity contribution in [2.24, 2.45) is 5.92 Å². The summed E-state index contributed by atoms with van der Waals surface area (Å²) in [7, 11) is 0. The van der Waals surface area contributed by atoms with Gasteiger partial charge in [0.15, 0.2) is 5.79 Å². The third-order valence-corrected chi connectivity index (χ3v) is 4.60. The van der Waals surface area contributed by atoms with E-state index in [0.29, 0.717) is 26.1 Å². The maximum atomic E-state index is 11.9. The van der Waals surface area contributed by atoms with Crippen molar-refractivity contribution in [3.63, 3.8) is 0 Å². The predicted molar refractivity (Wildman–Crippen MR) is 81.0 cm³/mol. The van der Waals surface area contributed by atoms with E-state index in [1.807, 2.05) is 12.3 Å². The number of aromatic nitrogens is 2. The molecule has 0 radical (unpaired) electrons. The van der Waals surface area contributed by atoms with Gasteiger partial charge in [-0.3, -0.25) is 9.48 Å². The van der Waals surface area contributed by atoms with Crippen molar-refractivity contribution in [3.8, 4) is 0 Å². The van der Waals surface area contributed by atoms with Crippen LogP contribution in [-0.4, -0.2) is 40.7 Å².